The summed E-state index contributed by atoms with van der Waals surface area (Å²) in [6.45, 7) is 4.57. The van der Waals surface area contributed by atoms with Crippen molar-refractivity contribution in [1.82, 2.24) is 5.32 Å². The SMILES string of the molecule is C[C@H]1CCc2sc(C(=O)OCC(=O)NC[C@H](C)c3ccccc3)cc2C1. The minimum Gasteiger partial charge on any atom is -0.451 e. The lowest BCUT2D eigenvalue weighted by molar-refractivity contribution is -0.124. The Balaban J connectivity index is 1.45. The molecule has 1 heterocycles. The van der Waals surface area contributed by atoms with Gasteiger partial charge in [-0.05, 0) is 48.3 Å². The number of ether oxygens (including phenoxy) is 1. The van der Waals surface area contributed by atoms with Gasteiger partial charge in [0.25, 0.3) is 5.91 Å². The van der Waals surface area contributed by atoms with Crippen molar-refractivity contribution in [2.45, 2.75) is 39.0 Å². The van der Waals surface area contributed by atoms with E-state index in [-0.39, 0.29) is 18.4 Å². The first-order valence-corrected chi connectivity index (χ1v) is 9.95. The summed E-state index contributed by atoms with van der Waals surface area (Å²) in [6.07, 6.45) is 3.23. The highest BCUT2D eigenvalue weighted by Crippen LogP contribution is 2.32. The molecular formula is C21H25NO3S. The smallest absolute Gasteiger partial charge is 0.348 e. The van der Waals surface area contributed by atoms with Gasteiger partial charge in [0.1, 0.15) is 4.88 Å². The van der Waals surface area contributed by atoms with Gasteiger partial charge < -0.3 is 10.1 Å². The van der Waals surface area contributed by atoms with Gasteiger partial charge in [0, 0.05) is 11.4 Å². The number of amides is 1. The van der Waals surface area contributed by atoms with Crippen molar-refractivity contribution in [1.29, 1.82) is 0 Å². The third-order valence-corrected chi connectivity index (χ3v) is 6.06. The van der Waals surface area contributed by atoms with Gasteiger partial charge in [0.05, 0.1) is 0 Å². The van der Waals surface area contributed by atoms with E-state index in [1.807, 2.05) is 36.4 Å². The molecule has 1 aliphatic rings. The van der Waals surface area contributed by atoms with Gasteiger partial charge in [-0.25, -0.2) is 4.79 Å². The Kier molecular flexibility index (Phi) is 6.09. The Morgan fingerprint density at radius 3 is 2.85 bits per heavy atom. The fraction of sp³-hybridized carbons (Fsp3) is 0.429. The average Bonchev–Trinajstić information content (AvgIpc) is 3.08. The van der Waals surface area contributed by atoms with E-state index in [0.29, 0.717) is 17.3 Å². The van der Waals surface area contributed by atoms with Crippen molar-refractivity contribution in [3.63, 3.8) is 0 Å². The Bertz CT molecular complexity index is 769. The largest absolute Gasteiger partial charge is 0.451 e. The number of carbonyl (C=O) groups excluding carboxylic acids is 2. The highest BCUT2D eigenvalue weighted by Gasteiger charge is 2.21. The average molecular weight is 372 g/mol. The Morgan fingerprint density at radius 2 is 2.08 bits per heavy atom. The van der Waals surface area contributed by atoms with Crippen molar-refractivity contribution in [2.75, 3.05) is 13.2 Å². The molecule has 4 nitrogen and oxygen atoms in total. The van der Waals surface area contributed by atoms with Crippen LogP contribution in [0.2, 0.25) is 0 Å². The number of thiophene rings is 1. The summed E-state index contributed by atoms with van der Waals surface area (Å²) in [6, 6.07) is 11.9. The molecule has 26 heavy (non-hydrogen) atoms. The van der Waals surface area contributed by atoms with Crippen LogP contribution in [0.3, 0.4) is 0 Å². The maximum atomic E-state index is 12.2. The van der Waals surface area contributed by atoms with E-state index in [4.69, 9.17) is 4.74 Å². The lowest BCUT2D eigenvalue weighted by Crippen LogP contribution is -2.31. The van der Waals surface area contributed by atoms with Crippen LogP contribution in [0.25, 0.3) is 0 Å². The molecule has 3 rings (SSSR count). The van der Waals surface area contributed by atoms with Gasteiger partial charge in [0.2, 0.25) is 0 Å². The lowest BCUT2D eigenvalue weighted by Gasteiger charge is -2.16. The molecule has 0 spiro atoms. The number of nitrogens with one attached hydrogen (secondary N) is 1. The van der Waals surface area contributed by atoms with Crippen LogP contribution >= 0.6 is 11.3 Å². The highest BCUT2D eigenvalue weighted by atomic mass is 32.1. The molecule has 0 fully saturated rings. The molecule has 1 aromatic carbocycles. The summed E-state index contributed by atoms with van der Waals surface area (Å²) >= 11 is 1.51. The predicted molar refractivity (Wildman–Crippen MR) is 104 cm³/mol. The maximum absolute atomic E-state index is 12.2. The Morgan fingerprint density at radius 1 is 1.31 bits per heavy atom. The highest BCUT2D eigenvalue weighted by molar-refractivity contribution is 7.14. The second-order valence-electron chi connectivity index (χ2n) is 7.10. The number of rotatable bonds is 6. The van der Waals surface area contributed by atoms with Crippen molar-refractivity contribution < 1.29 is 14.3 Å². The van der Waals surface area contributed by atoms with Gasteiger partial charge in [0.15, 0.2) is 6.61 Å². The standard InChI is InChI=1S/C21H25NO3S/c1-14-8-9-18-17(10-14)11-19(26-18)21(24)25-13-20(23)22-12-15(2)16-6-4-3-5-7-16/h3-7,11,14-15H,8-10,12-13H2,1-2H3,(H,22,23)/t14-,15-/m0/s1. The first-order chi connectivity index (χ1) is 12.5. The Labute approximate surface area is 158 Å². The number of hydrogen-bond donors (Lipinski definition) is 1. The molecule has 1 aromatic heterocycles. The van der Waals surface area contributed by atoms with Crippen molar-refractivity contribution in [3.05, 3.63) is 57.3 Å². The van der Waals surface area contributed by atoms with Crippen LogP contribution in [-0.4, -0.2) is 25.0 Å². The molecule has 2 atom stereocenters. The second kappa shape index (κ2) is 8.49. The third kappa shape index (κ3) is 4.73. The molecule has 0 saturated carbocycles. The summed E-state index contributed by atoms with van der Waals surface area (Å²) in [5.74, 6) is 0.208. The summed E-state index contributed by atoms with van der Waals surface area (Å²) in [7, 11) is 0. The molecule has 2 aromatic rings. The molecule has 1 amide bonds. The summed E-state index contributed by atoms with van der Waals surface area (Å²) in [5, 5.41) is 2.83. The molecule has 0 saturated heterocycles. The van der Waals surface area contributed by atoms with Crippen LogP contribution in [0.15, 0.2) is 36.4 Å². The zero-order valence-corrected chi connectivity index (χ0v) is 16.1. The van der Waals surface area contributed by atoms with Gasteiger partial charge >= 0.3 is 5.97 Å². The third-order valence-electron chi connectivity index (χ3n) is 4.84. The number of hydrogen-bond acceptors (Lipinski definition) is 4. The van der Waals surface area contributed by atoms with Crippen LogP contribution in [0, 0.1) is 5.92 Å². The molecule has 0 unspecified atom stereocenters. The lowest BCUT2D eigenvalue weighted by atomic mass is 9.90. The monoisotopic (exact) mass is 371 g/mol. The van der Waals surface area contributed by atoms with Gasteiger partial charge in [-0.1, -0.05) is 44.2 Å². The molecule has 138 valence electrons. The van der Waals surface area contributed by atoms with Crippen LogP contribution in [-0.2, 0) is 22.4 Å². The van der Waals surface area contributed by atoms with E-state index in [1.54, 1.807) is 0 Å². The van der Waals surface area contributed by atoms with E-state index < -0.39 is 5.97 Å². The molecule has 0 radical (unpaired) electrons. The first kappa shape index (κ1) is 18.6. The van der Waals surface area contributed by atoms with E-state index >= 15 is 0 Å². The minimum atomic E-state index is -0.400. The van der Waals surface area contributed by atoms with Gasteiger partial charge in [-0.2, -0.15) is 0 Å². The van der Waals surface area contributed by atoms with Crippen LogP contribution < -0.4 is 5.32 Å². The topological polar surface area (TPSA) is 55.4 Å². The molecule has 0 bridgehead atoms. The van der Waals surface area contributed by atoms with Gasteiger partial charge in [-0.3, -0.25) is 4.79 Å². The number of benzene rings is 1. The minimum absolute atomic E-state index is 0.210. The molecular weight excluding hydrogens is 346 g/mol. The number of carbonyl (C=O) groups is 2. The van der Waals surface area contributed by atoms with Crippen LogP contribution in [0.5, 0.6) is 0 Å². The maximum Gasteiger partial charge on any atom is 0.348 e. The predicted octanol–water partition coefficient (Wildman–Crippen LogP) is 3.95. The van der Waals surface area contributed by atoms with Crippen molar-refractivity contribution in [3.8, 4) is 0 Å². The second-order valence-corrected chi connectivity index (χ2v) is 8.24. The van der Waals surface area contributed by atoms with Crippen molar-refractivity contribution >= 4 is 23.2 Å². The fourth-order valence-corrected chi connectivity index (χ4v) is 4.33. The van der Waals surface area contributed by atoms with Crippen LogP contribution in [0.1, 0.15) is 51.9 Å². The molecule has 0 aliphatic heterocycles. The number of fused-ring (bicyclic) bond motifs is 1. The zero-order valence-electron chi connectivity index (χ0n) is 15.3. The van der Waals surface area contributed by atoms with E-state index in [2.05, 4.69) is 19.2 Å². The quantitative estimate of drug-likeness (QED) is 0.782. The van der Waals surface area contributed by atoms with Crippen molar-refractivity contribution in [2.24, 2.45) is 5.92 Å². The van der Waals surface area contributed by atoms with E-state index in [1.165, 1.54) is 33.8 Å². The normalized spacial score (nSPS) is 17.2. The fourth-order valence-electron chi connectivity index (χ4n) is 3.23. The summed E-state index contributed by atoms with van der Waals surface area (Å²) in [5.41, 5.74) is 2.44. The number of aryl methyl sites for hydroxylation is 1. The molecule has 5 heteroatoms. The summed E-state index contributed by atoms with van der Waals surface area (Å²) in [4.78, 5) is 26.1. The first-order valence-electron chi connectivity index (χ1n) is 9.13. The van der Waals surface area contributed by atoms with Gasteiger partial charge in [-0.15, -0.1) is 11.3 Å². The summed E-state index contributed by atoms with van der Waals surface area (Å²) < 4.78 is 5.19. The molecule has 1 N–H and O–H groups in total. The zero-order chi connectivity index (χ0) is 18.5. The van der Waals surface area contributed by atoms with E-state index in [9.17, 15) is 9.59 Å². The van der Waals surface area contributed by atoms with E-state index in [0.717, 1.165) is 12.8 Å². The number of esters is 1. The van der Waals surface area contributed by atoms with Crippen LogP contribution in [0.4, 0.5) is 0 Å². The molecule has 1 aliphatic carbocycles. The Hall–Kier alpha value is -2.14.